The van der Waals surface area contributed by atoms with Gasteiger partial charge in [-0.25, -0.2) is 0 Å². The normalized spacial score (nSPS) is 27.3. The summed E-state index contributed by atoms with van der Waals surface area (Å²) < 4.78 is 5.21. The molecule has 1 saturated heterocycles. The molecule has 4 heteroatoms. The fourth-order valence-electron chi connectivity index (χ4n) is 2.57. The van der Waals surface area contributed by atoms with Crippen molar-refractivity contribution in [2.24, 2.45) is 0 Å². The van der Waals surface area contributed by atoms with E-state index in [0.29, 0.717) is 12.6 Å². The fourth-order valence-corrected chi connectivity index (χ4v) is 2.57. The smallest absolute Gasteiger partial charge is 0.240 e. The Labute approximate surface area is 104 Å². The molecule has 2 fully saturated rings. The van der Waals surface area contributed by atoms with Gasteiger partial charge in [0, 0.05) is 19.7 Å². The molecule has 2 rings (SSSR count). The zero-order valence-electron chi connectivity index (χ0n) is 10.9. The summed E-state index contributed by atoms with van der Waals surface area (Å²) in [5, 5.41) is 3.46. The monoisotopic (exact) mass is 240 g/mol. The molecule has 1 aliphatic heterocycles. The number of carbonyl (C=O) groups is 1. The molecule has 17 heavy (non-hydrogen) atoms. The van der Waals surface area contributed by atoms with Crippen molar-refractivity contribution < 1.29 is 9.53 Å². The van der Waals surface area contributed by atoms with Gasteiger partial charge in [-0.15, -0.1) is 0 Å². The third-order valence-electron chi connectivity index (χ3n) is 3.76. The topological polar surface area (TPSA) is 41.6 Å². The number of hydrogen-bond acceptors (Lipinski definition) is 3. The Bertz CT molecular complexity index is 266. The van der Waals surface area contributed by atoms with Crippen LogP contribution < -0.4 is 5.32 Å². The van der Waals surface area contributed by atoms with E-state index in [2.05, 4.69) is 12.2 Å². The first-order chi connectivity index (χ1) is 8.26. The third-order valence-corrected chi connectivity index (χ3v) is 3.76. The van der Waals surface area contributed by atoms with Crippen LogP contribution in [0.3, 0.4) is 0 Å². The largest absolute Gasteiger partial charge is 0.383 e. The molecular formula is C13H24N2O2. The summed E-state index contributed by atoms with van der Waals surface area (Å²) in [4.78, 5) is 14.4. The molecule has 98 valence electrons. The van der Waals surface area contributed by atoms with Gasteiger partial charge in [0.25, 0.3) is 0 Å². The minimum atomic E-state index is 0.0576. The number of carbonyl (C=O) groups excluding carboxylic acids is 1. The maximum atomic E-state index is 12.4. The number of ether oxygens (including phenoxy) is 1. The number of likely N-dealkylation sites (tertiary alicyclic amines) is 1. The number of nitrogens with one attached hydrogen (secondary N) is 1. The van der Waals surface area contributed by atoms with E-state index < -0.39 is 0 Å². The molecule has 0 aromatic heterocycles. The Morgan fingerprint density at radius 2 is 2.24 bits per heavy atom. The Morgan fingerprint density at radius 1 is 1.47 bits per heavy atom. The van der Waals surface area contributed by atoms with Gasteiger partial charge in [0.15, 0.2) is 0 Å². The van der Waals surface area contributed by atoms with Crippen molar-refractivity contribution in [2.75, 3.05) is 20.3 Å². The van der Waals surface area contributed by atoms with Gasteiger partial charge >= 0.3 is 0 Å². The van der Waals surface area contributed by atoms with Gasteiger partial charge in [0.2, 0.25) is 5.91 Å². The summed E-state index contributed by atoms with van der Waals surface area (Å²) >= 11 is 0. The van der Waals surface area contributed by atoms with Crippen LogP contribution in [0, 0.1) is 0 Å². The standard InChI is InChI=1S/C13H24N2O2/c1-3-11(9-17-2)15-8-4-5-12(13(15)16)14-10-6-7-10/h10-12,14H,3-9H2,1-2H3. The summed E-state index contributed by atoms with van der Waals surface area (Å²) in [7, 11) is 1.71. The first kappa shape index (κ1) is 12.8. The predicted octanol–water partition coefficient (Wildman–Crippen LogP) is 1.15. The molecule has 0 aromatic rings. The van der Waals surface area contributed by atoms with Crippen LogP contribution in [0.1, 0.15) is 39.0 Å². The maximum Gasteiger partial charge on any atom is 0.240 e. The van der Waals surface area contributed by atoms with Crippen LogP contribution in [0.4, 0.5) is 0 Å². The number of methoxy groups -OCH3 is 1. The highest BCUT2D eigenvalue weighted by Gasteiger charge is 2.35. The van der Waals surface area contributed by atoms with Crippen molar-refractivity contribution in [3.05, 3.63) is 0 Å². The van der Waals surface area contributed by atoms with Gasteiger partial charge < -0.3 is 15.0 Å². The van der Waals surface area contributed by atoms with Gasteiger partial charge in [-0.2, -0.15) is 0 Å². The number of amides is 1. The second kappa shape index (κ2) is 5.83. The van der Waals surface area contributed by atoms with E-state index in [-0.39, 0.29) is 18.0 Å². The maximum absolute atomic E-state index is 12.4. The van der Waals surface area contributed by atoms with Gasteiger partial charge in [0.05, 0.1) is 18.7 Å². The van der Waals surface area contributed by atoms with Gasteiger partial charge in [0.1, 0.15) is 0 Å². The van der Waals surface area contributed by atoms with Crippen LogP contribution in [0.5, 0.6) is 0 Å². The number of nitrogens with zero attached hydrogens (tertiary/aromatic N) is 1. The second-order valence-electron chi connectivity index (χ2n) is 5.18. The Balaban J connectivity index is 1.93. The Hall–Kier alpha value is -0.610. The van der Waals surface area contributed by atoms with E-state index in [4.69, 9.17) is 4.74 Å². The van der Waals surface area contributed by atoms with Crippen LogP contribution in [0.2, 0.25) is 0 Å². The zero-order chi connectivity index (χ0) is 12.3. The van der Waals surface area contributed by atoms with Crippen molar-refractivity contribution in [2.45, 2.75) is 57.2 Å². The molecule has 1 amide bonds. The molecular weight excluding hydrogens is 216 g/mol. The fraction of sp³-hybridized carbons (Fsp3) is 0.923. The van der Waals surface area contributed by atoms with Crippen molar-refractivity contribution >= 4 is 5.91 Å². The average molecular weight is 240 g/mol. The van der Waals surface area contributed by atoms with Crippen LogP contribution in [0.25, 0.3) is 0 Å². The summed E-state index contributed by atoms with van der Waals surface area (Å²) in [6.45, 7) is 3.66. The van der Waals surface area contributed by atoms with E-state index in [1.165, 1.54) is 12.8 Å². The summed E-state index contributed by atoms with van der Waals surface area (Å²) in [5.41, 5.74) is 0. The van der Waals surface area contributed by atoms with Gasteiger partial charge in [-0.1, -0.05) is 6.92 Å². The van der Waals surface area contributed by atoms with Crippen molar-refractivity contribution in [1.82, 2.24) is 10.2 Å². The van der Waals surface area contributed by atoms with Crippen LogP contribution in [0.15, 0.2) is 0 Å². The molecule has 4 nitrogen and oxygen atoms in total. The van der Waals surface area contributed by atoms with Crippen molar-refractivity contribution in [3.63, 3.8) is 0 Å². The molecule has 2 aliphatic rings. The molecule has 1 N–H and O–H groups in total. The van der Waals surface area contributed by atoms with E-state index >= 15 is 0 Å². The van der Waals surface area contributed by atoms with Gasteiger partial charge in [-0.05, 0) is 32.1 Å². The summed E-state index contributed by atoms with van der Waals surface area (Å²) in [6.07, 6.45) is 5.54. The van der Waals surface area contributed by atoms with Crippen molar-refractivity contribution in [1.29, 1.82) is 0 Å². The molecule has 0 bridgehead atoms. The number of piperidine rings is 1. The van der Waals surface area contributed by atoms with Crippen LogP contribution in [-0.2, 0) is 9.53 Å². The van der Waals surface area contributed by atoms with Crippen molar-refractivity contribution in [3.8, 4) is 0 Å². The Morgan fingerprint density at radius 3 is 2.82 bits per heavy atom. The molecule has 2 unspecified atom stereocenters. The number of hydrogen-bond donors (Lipinski definition) is 1. The predicted molar refractivity (Wildman–Crippen MR) is 66.8 cm³/mol. The lowest BCUT2D eigenvalue weighted by molar-refractivity contribution is -0.140. The minimum absolute atomic E-state index is 0.0576. The summed E-state index contributed by atoms with van der Waals surface area (Å²) in [5.74, 6) is 0.284. The molecule has 1 aliphatic carbocycles. The van der Waals surface area contributed by atoms with E-state index in [0.717, 1.165) is 25.8 Å². The number of rotatable bonds is 6. The minimum Gasteiger partial charge on any atom is -0.383 e. The first-order valence-corrected chi connectivity index (χ1v) is 6.81. The molecule has 0 spiro atoms. The molecule has 0 radical (unpaired) electrons. The third kappa shape index (κ3) is 3.19. The Kier molecular flexibility index (Phi) is 4.40. The van der Waals surface area contributed by atoms with Crippen LogP contribution in [-0.4, -0.2) is 49.2 Å². The van der Waals surface area contributed by atoms with E-state index in [1.54, 1.807) is 7.11 Å². The second-order valence-corrected chi connectivity index (χ2v) is 5.18. The lowest BCUT2D eigenvalue weighted by atomic mass is 10.0. The van der Waals surface area contributed by atoms with E-state index in [1.807, 2.05) is 4.90 Å². The molecule has 0 aromatic carbocycles. The van der Waals surface area contributed by atoms with Gasteiger partial charge in [-0.3, -0.25) is 4.79 Å². The summed E-state index contributed by atoms with van der Waals surface area (Å²) in [6, 6.07) is 0.907. The van der Waals surface area contributed by atoms with E-state index in [9.17, 15) is 4.79 Å². The highest BCUT2D eigenvalue weighted by Crippen LogP contribution is 2.23. The lowest BCUT2D eigenvalue weighted by Gasteiger charge is -2.37. The highest BCUT2D eigenvalue weighted by molar-refractivity contribution is 5.83. The molecule has 1 saturated carbocycles. The highest BCUT2D eigenvalue weighted by atomic mass is 16.5. The lowest BCUT2D eigenvalue weighted by Crippen LogP contribution is -2.55. The quantitative estimate of drug-likeness (QED) is 0.757. The molecule has 1 heterocycles. The SMILES string of the molecule is CCC(COC)N1CCCC(NC2CC2)C1=O. The zero-order valence-corrected chi connectivity index (χ0v) is 10.9. The average Bonchev–Trinajstić information content (AvgIpc) is 3.13. The molecule has 2 atom stereocenters. The first-order valence-electron chi connectivity index (χ1n) is 6.81. The van der Waals surface area contributed by atoms with Crippen LogP contribution >= 0.6 is 0 Å².